The molecule has 2 N–H and O–H groups in total. The number of pyridine rings is 1. The van der Waals surface area contributed by atoms with E-state index in [9.17, 15) is 4.79 Å². The van der Waals surface area contributed by atoms with E-state index in [4.69, 9.17) is 5.73 Å². The zero-order valence-electron chi connectivity index (χ0n) is 10.0. The summed E-state index contributed by atoms with van der Waals surface area (Å²) in [7, 11) is 1.82. The highest BCUT2D eigenvalue weighted by Gasteiger charge is 2.28. The molecule has 1 atom stereocenters. The third kappa shape index (κ3) is 2.81. The van der Waals surface area contributed by atoms with Crippen molar-refractivity contribution in [3.8, 4) is 0 Å². The van der Waals surface area contributed by atoms with E-state index in [1.54, 1.807) is 17.3 Å². The number of hydrogen-bond acceptors (Lipinski definition) is 4. The van der Waals surface area contributed by atoms with Crippen LogP contribution < -0.4 is 5.73 Å². The SMILES string of the molecule is CN1C(=O)CN(Cc2ccncc2)CC1CN. The van der Waals surface area contributed by atoms with Gasteiger partial charge < -0.3 is 10.6 Å². The molecule has 1 amide bonds. The summed E-state index contributed by atoms with van der Waals surface area (Å²) in [6.07, 6.45) is 3.54. The molecule has 1 fully saturated rings. The summed E-state index contributed by atoms with van der Waals surface area (Å²) >= 11 is 0. The second kappa shape index (κ2) is 5.25. The Morgan fingerprint density at radius 3 is 2.82 bits per heavy atom. The van der Waals surface area contributed by atoms with Gasteiger partial charge in [-0.3, -0.25) is 14.7 Å². The van der Waals surface area contributed by atoms with Crippen molar-refractivity contribution in [3.63, 3.8) is 0 Å². The minimum Gasteiger partial charge on any atom is -0.339 e. The Balaban J connectivity index is 2.01. The van der Waals surface area contributed by atoms with Crippen molar-refractivity contribution < 1.29 is 4.79 Å². The third-order valence-electron chi connectivity index (χ3n) is 3.20. The van der Waals surface area contributed by atoms with Crippen LogP contribution in [0.3, 0.4) is 0 Å². The van der Waals surface area contributed by atoms with Crippen LogP contribution in [-0.4, -0.2) is 53.4 Å². The Labute approximate surface area is 101 Å². The van der Waals surface area contributed by atoms with Crippen LogP contribution in [0.5, 0.6) is 0 Å². The highest BCUT2D eigenvalue weighted by Crippen LogP contribution is 2.11. The van der Waals surface area contributed by atoms with E-state index >= 15 is 0 Å². The molecule has 1 aromatic heterocycles. The van der Waals surface area contributed by atoms with Crippen LogP contribution in [0.2, 0.25) is 0 Å². The van der Waals surface area contributed by atoms with E-state index in [0.29, 0.717) is 13.1 Å². The van der Waals surface area contributed by atoms with E-state index in [0.717, 1.165) is 13.1 Å². The number of amides is 1. The third-order valence-corrected chi connectivity index (χ3v) is 3.20. The summed E-state index contributed by atoms with van der Waals surface area (Å²) in [6, 6.07) is 4.07. The molecule has 0 saturated carbocycles. The molecule has 92 valence electrons. The van der Waals surface area contributed by atoms with Gasteiger partial charge in [0, 0.05) is 39.1 Å². The molecule has 0 radical (unpaired) electrons. The molecule has 1 unspecified atom stereocenters. The van der Waals surface area contributed by atoms with E-state index < -0.39 is 0 Å². The summed E-state index contributed by atoms with van der Waals surface area (Å²) in [6.45, 7) is 2.59. The van der Waals surface area contributed by atoms with Gasteiger partial charge in [0.05, 0.1) is 12.6 Å². The largest absolute Gasteiger partial charge is 0.339 e. The molecule has 0 aromatic carbocycles. The Bertz CT molecular complexity index is 381. The fraction of sp³-hybridized carbons (Fsp3) is 0.500. The van der Waals surface area contributed by atoms with E-state index in [1.165, 1.54) is 5.56 Å². The quantitative estimate of drug-likeness (QED) is 0.779. The Kier molecular flexibility index (Phi) is 3.71. The predicted octanol–water partition coefficient (Wildman–Crippen LogP) is -0.317. The van der Waals surface area contributed by atoms with Gasteiger partial charge in [-0.05, 0) is 17.7 Å². The van der Waals surface area contributed by atoms with Gasteiger partial charge in [0.1, 0.15) is 0 Å². The Morgan fingerprint density at radius 1 is 1.47 bits per heavy atom. The number of likely N-dealkylation sites (N-methyl/N-ethyl adjacent to an activating group) is 1. The van der Waals surface area contributed by atoms with Crippen molar-refractivity contribution in [3.05, 3.63) is 30.1 Å². The molecular formula is C12H18N4O. The molecule has 2 rings (SSSR count). The van der Waals surface area contributed by atoms with Gasteiger partial charge in [0.15, 0.2) is 0 Å². The molecule has 0 bridgehead atoms. The standard InChI is InChI=1S/C12H18N4O/c1-15-11(6-13)8-16(9-12(15)17)7-10-2-4-14-5-3-10/h2-5,11H,6-9,13H2,1H3. The topological polar surface area (TPSA) is 62.5 Å². The number of nitrogens with zero attached hydrogens (tertiary/aromatic N) is 3. The number of aromatic nitrogens is 1. The fourth-order valence-corrected chi connectivity index (χ4v) is 2.09. The molecule has 0 spiro atoms. The van der Waals surface area contributed by atoms with Crippen molar-refractivity contribution in [2.75, 3.05) is 26.7 Å². The van der Waals surface area contributed by atoms with Crippen molar-refractivity contribution >= 4 is 5.91 Å². The monoisotopic (exact) mass is 234 g/mol. The summed E-state index contributed by atoms with van der Waals surface area (Å²) < 4.78 is 0. The zero-order valence-corrected chi connectivity index (χ0v) is 10.0. The molecule has 1 aliphatic rings. The highest BCUT2D eigenvalue weighted by atomic mass is 16.2. The van der Waals surface area contributed by atoms with Gasteiger partial charge in [-0.2, -0.15) is 0 Å². The van der Waals surface area contributed by atoms with Crippen LogP contribution in [-0.2, 0) is 11.3 Å². The van der Waals surface area contributed by atoms with Crippen LogP contribution in [0.4, 0.5) is 0 Å². The number of carbonyl (C=O) groups is 1. The first-order valence-electron chi connectivity index (χ1n) is 5.77. The maximum Gasteiger partial charge on any atom is 0.236 e. The molecule has 0 aliphatic carbocycles. The second-order valence-electron chi connectivity index (χ2n) is 4.42. The fourth-order valence-electron chi connectivity index (χ4n) is 2.09. The lowest BCUT2D eigenvalue weighted by molar-refractivity contribution is -0.137. The number of piperazine rings is 1. The Morgan fingerprint density at radius 2 is 2.18 bits per heavy atom. The van der Waals surface area contributed by atoms with Gasteiger partial charge in [-0.1, -0.05) is 0 Å². The smallest absolute Gasteiger partial charge is 0.236 e. The number of rotatable bonds is 3. The number of nitrogens with two attached hydrogens (primary N) is 1. The first-order valence-corrected chi connectivity index (χ1v) is 5.77. The van der Waals surface area contributed by atoms with Crippen LogP contribution in [0.25, 0.3) is 0 Å². The van der Waals surface area contributed by atoms with E-state index in [-0.39, 0.29) is 11.9 Å². The maximum atomic E-state index is 11.8. The van der Waals surface area contributed by atoms with Crippen LogP contribution >= 0.6 is 0 Å². The van der Waals surface area contributed by atoms with Crippen LogP contribution in [0.15, 0.2) is 24.5 Å². The lowest BCUT2D eigenvalue weighted by atomic mass is 10.1. The molecular weight excluding hydrogens is 216 g/mol. The average molecular weight is 234 g/mol. The molecule has 1 saturated heterocycles. The predicted molar refractivity (Wildman–Crippen MR) is 65.1 cm³/mol. The molecule has 1 aromatic rings. The van der Waals surface area contributed by atoms with Crippen LogP contribution in [0.1, 0.15) is 5.56 Å². The number of hydrogen-bond donors (Lipinski definition) is 1. The summed E-state index contributed by atoms with van der Waals surface area (Å²) in [4.78, 5) is 19.7. The first-order chi connectivity index (χ1) is 8.20. The van der Waals surface area contributed by atoms with E-state index in [1.807, 2.05) is 19.2 Å². The normalized spacial score (nSPS) is 21.9. The van der Waals surface area contributed by atoms with Crippen molar-refractivity contribution in [1.29, 1.82) is 0 Å². The zero-order chi connectivity index (χ0) is 12.3. The van der Waals surface area contributed by atoms with Gasteiger partial charge in [0.2, 0.25) is 5.91 Å². The maximum absolute atomic E-state index is 11.8. The van der Waals surface area contributed by atoms with Crippen molar-refractivity contribution in [2.45, 2.75) is 12.6 Å². The minimum absolute atomic E-state index is 0.123. The molecule has 2 heterocycles. The molecule has 1 aliphatic heterocycles. The second-order valence-corrected chi connectivity index (χ2v) is 4.42. The van der Waals surface area contributed by atoms with Crippen LogP contribution in [0, 0.1) is 0 Å². The lowest BCUT2D eigenvalue weighted by Gasteiger charge is -2.38. The van der Waals surface area contributed by atoms with Gasteiger partial charge >= 0.3 is 0 Å². The minimum atomic E-state index is 0.123. The highest BCUT2D eigenvalue weighted by molar-refractivity contribution is 5.79. The number of carbonyl (C=O) groups excluding carboxylic acids is 1. The lowest BCUT2D eigenvalue weighted by Crippen LogP contribution is -2.56. The molecule has 5 heteroatoms. The average Bonchev–Trinajstić information content (AvgIpc) is 2.35. The first kappa shape index (κ1) is 12.0. The van der Waals surface area contributed by atoms with Gasteiger partial charge in [-0.25, -0.2) is 0 Å². The molecule has 5 nitrogen and oxygen atoms in total. The van der Waals surface area contributed by atoms with Gasteiger partial charge in [-0.15, -0.1) is 0 Å². The summed E-state index contributed by atoms with van der Waals surface area (Å²) in [5.74, 6) is 0.140. The van der Waals surface area contributed by atoms with Crippen molar-refractivity contribution in [1.82, 2.24) is 14.8 Å². The van der Waals surface area contributed by atoms with E-state index in [2.05, 4.69) is 9.88 Å². The van der Waals surface area contributed by atoms with Crippen molar-refractivity contribution in [2.24, 2.45) is 5.73 Å². The summed E-state index contributed by atoms with van der Waals surface area (Å²) in [5.41, 5.74) is 6.86. The Hall–Kier alpha value is -1.46. The summed E-state index contributed by atoms with van der Waals surface area (Å²) in [5, 5.41) is 0. The van der Waals surface area contributed by atoms with Gasteiger partial charge in [0.25, 0.3) is 0 Å². The molecule has 17 heavy (non-hydrogen) atoms.